The molecule has 1 aliphatic rings. The summed E-state index contributed by atoms with van der Waals surface area (Å²) in [4.78, 5) is 11.3. The Bertz CT molecular complexity index is 372. The van der Waals surface area contributed by atoms with Crippen LogP contribution < -0.4 is 10.2 Å². The van der Waals surface area contributed by atoms with Crippen LogP contribution in [0.4, 0.5) is 5.82 Å². The van der Waals surface area contributed by atoms with Crippen LogP contribution in [0.25, 0.3) is 0 Å². The van der Waals surface area contributed by atoms with Crippen molar-refractivity contribution in [2.24, 2.45) is 0 Å². The van der Waals surface area contributed by atoms with Crippen LogP contribution in [0.5, 0.6) is 0 Å². The van der Waals surface area contributed by atoms with Gasteiger partial charge in [0.15, 0.2) is 0 Å². The molecule has 0 spiro atoms. The van der Waals surface area contributed by atoms with Crippen molar-refractivity contribution in [2.75, 3.05) is 24.5 Å². The molecule has 2 heterocycles. The van der Waals surface area contributed by atoms with E-state index in [2.05, 4.69) is 27.1 Å². The number of hydrogen-bond donors (Lipinski definition) is 1. The molecule has 1 atom stereocenters. The van der Waals surface area contributed by atoms with Gasteiger partial charge in [-0.1, -0.05) is 0 Å². The summed E-state index contributed by atoms with van der Waals surface area (Å²) in [5, 5.41) is 3.53. The van der Waals surface area contributed by atoms with Gasteiger partial charge in [-0.05, 0) is 40.2 Å². The van der Waals surface area contributed by atoms with E-state index in [0.717, 1.165) is 36.8 Å². The lowest BCUT2D eigenvalue weighted by Gasteiger charge is -2.25. The van der Waals surface area contributed by atoms with Crippen molar-refractivity contribution in [1.82, 2.24) is 15.3 Å². The molecule has 1 N–H and O–H groups in total. The molecule has 4 nitrogen and oxygen atoms in total. The quantitative estimate of drug-likeness (QED) is 0.860. The summed E-state index contributed by atoms with van der Waals surface area (Å²) in [5.74, 6) is 1.00. The average Bonchev–Trinajstić information content (AvgIpc) is 2.82. The fourth-order valence-corrected chi connectivity index (χ4v) is 2.25. The van der Waals surface area contributed by atoms with Crippen LogP contribution in [-0.4, -0.2) is 35.6 Å². The zero-order valence-corrected chi connectivity index (χ0v) is 11.0. The van der Waals surface area contributed by atoms with Crippen molar-refractivity contribution in [3.8, 4) is 0 Å². The van der Waals surface area contributed by atoms with Gasteiger partial charge < -0.3 is 10.2 Å². The molecule has 17 heavy (non-hydrogen) atoms. The minimum atomic E-state index is 0.610. The van der Waals surface area contributed by atoms with Crippen molar-refractivity contribution in [1.29, 1.82) is 0 Å². The van der Waals surface area contributed by atoms with Crippen molar-refractivity contribution in [2.45, 2.75) is 39.7 Å². The van der Waals surface area contributed by atoms with Gasteiger partial charge in [0, 0.05) is 19.1 Å². The Hall–Kier alpha value is -1.16. The third-order valence-corrected chi connectivity index (χ3v) is 3.49. The van der Waals surface area contributed by atoms with Gasteiger partial charge in [0.25, 0.3) is 0 Å². The molecule has 2 rings (SSSR count). The Morgan fingerprint density at radius 3 is 2.82 bits per heavy atom. The first-order valence-electron chi connectivity index (χ1n) is 6.49. The van der Waals surface area contributed by atoms with E-state index in [9.17, 15) is 0 Å². The number of nitrogens with zero attached hydrogens (tertiary/aromatic N) is 3. The fraction of sp³-hybridized carbons (Fsp3) is 0.692. The number of aromatic nitrogens is 2. The van der Waals surface area contributed by atoms with Gasteiger partial charge in [-0.25, -0.2) is 4.98 Å². The molecule has 1 aliphatic heterocycles. The molecule has 0 saturated carbocycles. The SMILES string of the molecule is CCN(CC1CCCN1)c1cnc(C)c(C)n1. The summed E-state index contributed by atoms with van der Waals surface area (Å²) in [6.07, 6.45) is 4.45. The highest BCUT2D eigenvalue weighted by Crippen LogP contribution is 2.14. The normalized spacial score (nSPS) is 19.6. The Morgan fingerprint density at radius 2 is 2.24 bits per heavy atom. The first-order valence-corrected chi connectivity index (χ1v) is 6.49. The lowest BCUT2D eigenvalue weighted by atomic mass is 10.2. The summed E-state index contributed by atoms with van der Waals surface area (Å²) >= 11 is 0. The number of likely N-dealkylation sites (N-methyl/N-ethyl adjacent to an activating group) is 1. The molecular formula is C13H22N4. The second-order valence-electron chi connectivity index (χ2n) is 4.73. The molecule has 1 aromatic rings. The van der Waals surface area contributed by atoms with E-state index in [4.69, 9.17) is 0 Å². The van der Waals surface area contributed by atoms with Crippen LogP contribution in [-0.2, 0) is 0 Å². The minimum absolute atomic E-state index is 0.610. The zero-order valence-electron chi connectivity index (χ0n) is 11.0. The van der Waals surface area contributed by atoms with Gasteiger partial charge in [-0.3, -0.25) is 4.98 Å². The summed E-state index contributed by atoms with van der Waals surface area (Å²) < 4.78 is 0. The highest BCUT2D eigenvalue weighted by molar-refractivity contribution is 5.37. The van der Waals surface area contributed by atoms with Crippen LogP contribution in [0.15, 0.2) is 6.20 Å². The number of aryl methyl sites for hydroxylation is 2. The first kappa shape index (κ1) is 12.3. The maximum absolute atomic E-state index is 4.62. The first-order chi connectivity index (χ1) is 8.20. The summed E-state index contributed by atoms with van der Waals surface area (Å²) in [6, 6.07) is 0.610. The monoisotopic (exact) mass is 234 g/mol. The zero-order chi connectivity index (χ0) is 12.3. The second kappa shape index (κ2) is 5.45. The predicted molar refractivity (Wildman–Crippen MR) is 70.4 cm³/mol. The molecule has 1 saturated heterocycles. The smallest absolute Gasteiger partial charge is 0.147 e. The highest BCUT2D eigenvalue weighted by atomic mass is 15.2. The van der Waals surface area contributed by atoms with Gasteiger partial charge in [-0.2, -0.15) is 0 Å². The van der Waals surface area contributed by atoms with Crippen LogP contribution >= 0.6 is 0 Å². The Labute approximate surface area is 103 Å². The molecule has 4 heteroatoms. The molecule has 1 fully saturated rings. The van der Waals surface area contributed by atoms with E-state index < -0.39 is 0 Å². The summed E-state index contributed by atoms with van der Waals surface area (Å²) in [7, 11) is 0. The number of rotatable bonds is 4. The van der Waals surface area contributed by atoms with Gasteiger partial charge in [0.2, 0.25) is 0 Å². The molecule has 0 radical (unpaired) electrons. The van der Waals surface area contributed by atoms with Gasteiger partial charge in [-0.15, -0.1) is 0 Å². The Morgan fingerprint density at radius 1 is 1.41 bits per heavy atom. The number of hydrogen-bond acceptors (Lipinski definition) is 4. The fourth-order valence-electron chi connectivity index (χ4n) is 2.25. The Kier molecular flexibility index (Phi) is 3.94. The van der Waals surface area contributed by atoms with Crippen LogP contribution in [0.1, 0.15) is 31.2 Å². The van der Waals surface area contributed by atoms with E-state index in [1.165, 1.54) is 12.8 Å². The molecule has 94 valence electrons. The van der Waals surface area contributed by atoms with E-state index in [-0.39, 0.29) is 0 Å². The van der Waals surface area contributed by atoms with Crippen molar-refractivity contribution in [3.63, 3.8) is 0 Å². The van der Waals surface area contributed by atoms with Crippen LogP contribution in [0.2, 0.25) is 0 Å². The van der Waals surface area contributed by atoms with Gasteiger partial charge in [0.05, 0.1) is 17.6 Å². The summed E-state index contributed by atoms with van der Waals surface area (Å²) in [6.45, 7) is 9.37. The number of anilines is 1. The molecular weight excluding hydrogens is 212 g/mol. The van der Waals surface area contributed by atoms with Crippen LogP contribution in [0.3, 0.4) is 0 Å². The topological polar surface area (TPSA) is 41.0 Å². The molecule has 0 aromatic carbocycles. The standard InChI is InChI=1S/C13H22N4/c1-4-17(9-12-6-5-7-14-12)13-8-15-10(2)11(3)16-13/h8,12,14H,4-7,9H2,1-3H3. The third-order valence-electron chi connectivity index (χ3n) is 3.49. The van der Waals surface area contributed by atoms with Gasteiger partial charge >= 0.3 is 0 Å². The van der Waals surface area contributed by atoms with E-state index >= 15 is 0 Å². The van der Waals surface area contributed by atoms with E-state index in [1.807, 2.05) is 20.0 Å². The number of nitrogens with one attached hydrogen (secondary N) is 1. The highest BCUT2D eigenvalue weighted by Gasteiger charge is 2.18. The molecule has 0 amide bonds. The van der Waals surface area contributed by atoms with Crippen LogP contribution in [0, 0.1) is 13.8 Å². The second-order valence-corrected chi connectivity index (χ2v) is 4.73. The maximum Gasteiger partial charge on any atom is 0.147 e. The maximum atomic E-state index is 4.62. The molecule has 0 aliphatic carbocycles. The minimum Gasteiger partial charge on any atom is -0.354 e. The van der Waals surface area contributed by atoms with Gasteiger partial charge in [0.1, 0.15) is 5.82 Å². The van der Waals surface area contributed by atoms with Crippen molar-refractivity contribution < 1.29 is 0 Å². The Balaban J connectivity index is 2.08. The van der Waals surface area contributed by atoms with Crippen molar-refractivity contribution >= 4 is 5.82 Å². The van der Waals surface area contributed by atoms with E-state index in [0.29, 0.717) is 6.04 Å². The molecule has 0 bridgehead atoms. The molecule has 1 aromatic heterocycles. The third kappa shape index (κ3) is 2.94. The average molecular weight is 234 g/mol. The lowest BCUT2D eigenvalue weighted by Crippen LogP contribution is -2.38. The summed E-state index contributed by atoms with van der Waals surface area (Å²) in [5.41, 5.74) is 2.05. The van der Waals surface area contributed by atoms with E-state index in [1.54, 1.807) is 0 Å². The van der Waals surface area contributed by atoms with Crippen molar-refractivity contribution in [3.05, 3.63) is 17.6 Å². The lowest BCUT2D eigenvalue weighted by molar-refractivity contribution is 0.583. The largest absolute Gasteiger partial charge is 0.354 e. The molecule has 1 unspecified atom stereocenters. The predicted octanol–water partition coefficient (Wildman–Crippen LogP) is 1.67.